The molecule has 11 heteroatoms. The highest BCUT2D eigenvalue weighted by atomic mass is 19.1. The molecule has 1 aliphatic heterocycles. The molecule has 5 heterocycles. The summed E-state index contributed by atoms with van der Waals surface area (Å²) in [4.78, 5) is 39.8. The van der Waals surface area contributed by atoms with Crippen LogP contribution in [0.4, 0.5) is 10.1 Å². The minimum absolute atomic E-state index is 0.0455. The molecule has 0 spiro atoms. The molecule has 43 heavy (non-hydrogen) atoms. The van der Waals surface area contributed by atoms with E-state index in [0.717, 1.165) is 22.0 Å². The van der Waals surface area contributed by atoms with E-state index in [4.69, 9.17) is 4.98 Å². The van der Waals surface area contributed by atoms with E-state index in [1.54, 1.807) is 12.4 Å². The van der Waals surface area contributed by atoms with Crippen LogP contribution in [0, 0.1) is 19.7 Å². The molecule has 1 aromatic carbocycles. The second-order valence-corrected chi connectivity index (χ2v) is 11.5. The van der Waals surface area contributed by atoms with Crippen molar-refractivity contribution in [2.45, 2.75) is 46.6 Å². The predicted molar refractivity (Wildman–Crippen MR) is 167 cm³/mol. The lowest BCUT2D eigenvalue weighted by Gasteiger charge is -2.35. The Morgan fingerprint density at radius 1 is 1.14 bits per heavy atom. The predicted octanol–water partition coefficient (Wildman–Crippen LogP) is 4.36. The van der Waals surface area contributed by atoms with Crippen LogP contribution in [0.25, 0.3) is 38.9 Å². The van der Waals surface area contributed by atoms with Gasteiger partial charge < -0.3 is 15.5 Å². The van der Waals surface area contributed by atoms with Crippen LogP contribution in [0.2, 0.25) is 0 Å². The Hall–Kier alpha value is -4.64. The highest BCUT2D eigenvalue weighted by Gasteiger charge is 2.31. The number of aromatic amines is 1. The highest BCUT2D eigenvalue weighted by Crippen LogP contribution is 2.38. The number of anilines is 1. The van der Waals surface area contributed by atoms with Crippen molar-refractivity contribution in [2.75, 3.05) is 31.6 Å². The molecule has 1 atom stereocenters. The molecule has 1 amide bonds. The molecule has 5 aromatic rings. The Morgan fingerprint density at radius 3 is 2.65 bits per heavy atom. The van der Waals surface area contributed by atoms with E-state index in [9.17, 15) is 9.59 Å². The maximum Gasteiger partial charge on any atom is 0.271 e. The van der Waals surface area contributed by atoms with Gasteiger partial charge in [-0.1, -0.05) is 19.9 Å². The molecule has 10 nitrogen and oxygen atoms in total. The number of halogens is 1. The number of piperazine rings is 1. The fraction of sp³-hybridized carbons (Fsp3) is 0.344. The van der Waals surface area contributed by atoms with Crippen LogP contribution in [0.5, 0.6) is 0 Å². The van der Waals surface area contributed by atoms with Gasteiger partial charge in [0, 0.05) is 55.3 Å². The van der Waals surface area contributed by atoms with E-state index in [1.807, 2.05) is 57.7 Å². The van der Waals surface area contributed by atoms with Crippen LogP contribution in [-0.4, -0.2) is 63.4 Å². The quantitative estimate of drug-likeness (QED) is 0.282. The van der Waals surface area contributed by atoms with Crippen molar-refractivity contribution in [1.29, 1.82) is 0 Å². The molecule has 1 fully saturated rings. The van der Waals surface area contributed by atoms with Crippen molar-refractivity contribution < 1.29 is 9.18 Å². The summed E-state index contributed by atoms with van der Waals surface area (Å²) in [7, 11) is 1.49. The van der Waals surface area contributed by atoms with E-state index in [-0.39, 0.29) is 28.9 Å². The number of fused-ring (bicyclic) bond motifs is 2. The van der Waals surface area contributed by atoms with Crippen molar-refractivity contribution in [3.8, 4) is 16.9 Å². The lowest BCUT2D eigenvalue weighted by atomic mass is 9.98. The van der Waals surface area contributed by atoms with Crippen molar-refractivity contribution in [1.82, 2.24) is 35.4 Å². The molecule has 3 N–H and O–H groups in total. The van der Waals surface area contributed by atoms with Crippen LogP contribution in [-0.2, 0) is 0 Å². The zero-order valence-corrected chi connectivity index (χ0v) is 25.2. The van der Waals surface area contributed by atoms with Gasteiger partial charge in [-0.05, 0) is 56.0 Å². The lowest BCUT2D eigenvalue weighted by Crippen LogP contribution is -2.50. The first-order chi connectivity index (χ1) is 20.6. The Labute approximate surface area is 248 Å². The Bertz CT molecular complexity index is 1960. The third kappa shape index (κ3) is 4.64. The zero-order valence-electron chi connectivity index (χ0n) is 25.2. The third-order valence-corrected chi connectivity index (χ3v) is 8.21. The Balaban J connectivity index is 1.82. The number of carbonyl (C=O) groups is 1. The average molecular weight is 583 g/mol. The van der Waals surface area contributed by atoms with Crippen LogP contribution < -0.4 is 21.1 Å². The van der Waals surface area contributed by atoms with Gasteiger partial charge in [0.2, 0.25) is 0 Å². The first-order valence-corrected chi connectivity index (χ1v) is 14.5. The maximum absolute atomic E-state index is 16.5. The van der Waals surface area contributed by atoms with Gasteiger partial charge in [-0.15, -0.1) is 0 Å². The summed E-state index contributed by atoms with van der Waals surface area (Å²) in [6.45, 7) is 11.5. The average Bonchev–Trinajstić information content (AvgIpc) is 3.45. The Kier molecular flexibility index (Phi) is 7.21. The van der Waals surface area contributed by atoms with Gasteiger partial charge in [-0.25, -0.2) is 9.37 Å². The van der Waals surface area contributed by atoms with Gasteiger partial charge in [0.05, 0.1) is 28.8 Å². The minimum Gasteiger partial charge on any atom is -0.367 e. The number of nitrogens with zero attached hydrogens (tertiary/aromatic N) is 5. The summed E-state index contributed by atoms with van der Waals surface area (Å²) in [6.07, 6.45) is 3.36. The molecule has 1 saturated heterocycles. The fourth-order valence-electron chi connectivity index (χ4n) is 6.17. The summed E-state index contributed by atoms with van der Waals surface area (Å²) in [5.74, 6) is -1.15. The minimum atomic E-state index is -0.561. The van der Waals surface area contributed by atoms with Gasteiger partial charge in [0.25, 0.3) is 11.5 Å². The Morgan fingerprint density at radius 2 is 1.93 bits per heavy atom. The van der Waals surface area contributed by atoms with Crippen LogP contribution in [0.15, 0.2) is 41.5 Å². The molecule has 4 aromatic heterocycles. The fourth-order valence-corrected chi connectivity index (χ4v) is 6.17. The first kappa shape index (κ1) is 28.5. The summed E-state index contributed by atoms with van der Waals surface area (Å²) in [5.41, 5.74) is 4.31. The molecule has 1 aliphatic rings. The normalized spacial score (nSPS) is 15.5. The zero-order chi connectivity index (χ0) is 30.6. The van der Waals surface area contributed by atoms with Crippen molar-refractivity contribution in [3.05, 3.63) is 75.2 Å². The molecule has 6 rings (SSSR count). The largest absolute Gasteiger partial charge is 0.367 e. The van der Waals surface area contributed by atoms with Gasteiger partial charge in [-0.3, -0.25) is 24.2 Å². The number of benzene rings is 1. The van der Waals surface area contributed by atoms with Gasteiger partial charge in [0.1, 0.15) is 17.1 Å². The molecular formula is C32H35FN8O2. The van der Waals surface area contributed by atoms with Crippen LogP contribution in [0.1, 0.15) is 53.9 Å². The van der Waals surface area contributed by atoms with Crippen LogP contribution in [0.3, 0.4) is 0 Å². The molecule has 0 radical (unpaired) electrons. The number of carbonyl (C=O) groups excluding carboxylic acids is 1. The number of aromatic nitrogens is 5. The number of hydrogen-bond donors (Lipinski definition) is 3. The summed E-state index contributed by atoms with van der Waals surface area (Å²) >= 11 is 0. The number of H-pyrrole nitrogens is 1. The highest BCUT2D eigenvalue weighted by molar-refractivity contribution is 6.08. The molecule has 0 unspecified atom stereocenters. The summed E-state index contributed by atoms with van der Waals surface area (Å²) in [5, 5.41) is 14.3. The molecule has 0 bridgehead atoms. The summed E-state index contributed by atoms with van der Waals surface area (Å²) < 4.78 is 17.9. The molecule has 0 aliphatic carbocycles. The number of aryl methyl sites for hydroxylation is 2. The second-order valence-electron chi connectivity index (χ2n) is 11.5. The standard InChI is InChI=1S/C32H35FN8O2/c1-16(2)26-28(18(4)9-10-36-26)41-30-20(29(25(32(41)43)31(42)34-6)40-12-11-35-19(5)15-40)13-22(33)27(38-30)24-17(3)7-8-23-21(24)14-37-39-23/h7-10,13-14,16,19,35H,11-12,15H2,1-6H3,(H,34,42)(H,37,39)/t19-/m1/s1. The second kappa shape index (κ2) is 10.9. The van der Waals surface area contributed by atoms with Crippen molar-refractivity contribution >= 4 is 33.5 Å². The molecule has 0 saturated carbocycles. The van der Waals surface area contributed by atoms with Crippen LogP contribution >= 0.6 is 0 Å². The topological polar surface area (TPSA) is 121 Å². The monoisotopic (exact) mass is 582 g/mol. The van der Waals surface area contributed by atoms with E-state index in [0.29, 0.717) is 47.7 Å². The van der Waals surface area contributed by atoms with Gasteiger partial charge in [-0.2, -0.15) is 5.10 Å². The maximum atomic E-state index is 16.5. The first-order valence-electron chi connectivity index (χ1n) is 14.5. The van der Waals surface area contributed by atoms with E-state index < -0.39 is 17.3 Å². The summed E-state index contributed by atoms with van der Waals surface area (Å²) in [6, 6.07) is 7.12. The molecule has 222 valence electrons. The number of hydrogen-bond acceptors (Lipinski definition) is 7. The van der Waals surface area contributed by atoms with E-state index >= 15 is 4.39 Å². The lowest BCUT2D eigenvalue weighted by molar-refractivity contribution is 0.0962. The number of nitrogens with one attached hydrogen (secondary N) is 3. The SMILES string of the molecule is CNC(=O)c1c(N2CCN[C@H](C)C2)c2cc(F)c(-c3c(C)ccc4[nH]ncc34)nc2n(-c2c(C)ccnc2C(C)C)c1=O. The number of rotatable bonds is 5. The van der Waals surface area contributed by atoms with Gasteiger partial charge >= 0.3 is 0 Å². The third-order valence-electron chi connectivity index (χ3n) is 8.21. The number of pyridine rings is 3. The van der Waals surface area contributed by atoms with E-state index in [2.05, 4.69) is 25.8 Å². The smallest absolute Gasteiger partial charge is 0.271 e. The van der Waals surface area contributed by atoms with Crippen molar-refractivity contribution in [2.24, 2.45) is 0 Å². The number of amides is 1. The molecular weight excluding hydrogens is 547 g/mol. The van der Waals surface area contributed by atoms with Crippen molar-refractivity contribution in [3.63, 3.8) is 0 Å². The van der Waals surface area contributed by atoms with E-state index in [1.165, 1.54) is 17.7 Å². The van der Waals surface area contributed by atoms with Gasteiger partial charge in [0.15, 0.2) is 5.65 Å².